The Morgan fingerprint density at radius 1 is 1.05 bits per heavy atom. The summed E-state index contributed by atoms with van der Waals surface area (Å²) >= 11 is 4.87. The third-order valence-electron chi connectivity index (χ3n) is 2.93. The van der Waals surface area contributed by atoms with E-state index in [1.165, 1.54) is 29.2 Å². The predicted molar refractivity (Wildman–Crippen MR) is 81.5 cm³/mol. The van der Waals surface area contributed by atoms with E-state index in [1.54, 1.807) is 31.3 Å². The van der Waals surface area contributed by atoms with Crippen LogP contribution in [0.4, 0.5) is 10.1 Å². The standard InChI is InChI=1S/C15H13FN2OS/c1-18(13-8-4-10(5-9-13)14(17)20)15(19)11-2-6-12(16)7-3-11/h2-9H,1H3,(H2,17,20). The maximum atomic E-state index is 12.8. The van der Waals surface area contributed by atoms with E-state index in [0.717, 1.165) is 5.56 Å². The smallest absolute Gasteiger partial charge is 0.258 e. The summed E-state index contributed by atoms with van der Waals surface area (Å²) in [5.74, 6) is -0.585. The van der Waals surface area contributed by atoms with Crippen LogP contribution < -0.4 is 10.6 Å². The number of amides is 1. The monoisotopic (exact) mass is 288 g/mol. The summed E-state index contributed by atoms with van der Waals surface area (Å²) in [5, 5.41) is 0. The fourth-order valence-electron chi connectivity index (χ4n) is 1.75. The second-order valence-corrected chi connectivity index (χ2v) is 4.72. The van der Waals surface area contributed by atoms with Gasteiger partial charge in [0.15, 0.2) is 0 Å². The van der Waals surface area contributed by atoms with E-state index in [2.05, 4.69) is 0 Å². The van der Waals surface area contributed by atoms with Crippen LogP contribution in [0.3, 0.4) is 0 Å². The number of rotatable bonds is 3. The molecule has 0 aliphatic carbocycles. The van der Waals surface area contributed by atoms with Gasteiger partial charge in [-0.1, -0.05) is 12.2 Å². The Bertz CT molecular complexity index is 638. The Hall–Kier alpha value is -2.27. The molecule has 2 rings (SSSR count). The Morgan fingerprint density at radius 3 is 2.05 bits per heavy atom. The van der Waals surface area contributed by atoms with Gasteiger partial charge in [0.05, 0.1) is 0 Å². The van der Waals surface area contributed by atoms with Gasteiger partial charge in [0, 0.05) is 23.9 Å². The molecule has 0 saturated heterocycles. The van der Waals surface area contributed by atoms with Gasteiger partial charge in [0.1, 0.15) is 10.8 Å². The number of hydrogen-bond acceptors (Lipinski definition) is 2. The van der Waals surface area contributed by atoms with E-state index < -0.39 is 0 Å². The van der Waals surface area contributed by atoms with Crippen molar-refractivity contribution in [2.45, 2.75) is 0 Å². The van der Waals surface area contributed by atoms with Gasteiger partial charge >= 0.3 is 0 Å². The van der Waals surface area contributed by atoms with Crippen LogP contribution in [0.1, 0.15) is 15.9 Å². The average molecular weight is 288 g/mol. The van der Waals surface area contributed by atoms with Crippen LogP contribution in [0.2, 0.25) is 0 Å². The van der Waals surface area contributed by atoms with E-state index in [9.17, 15) is 9.18 Å². The SMILES string of the molecule is CN(C(=O)c1ccc(F)cc1)c1ccc(C(N)=S)cc1. The number of carbonyl (C=O) groups is 1. The topological polar surface area (TPSA) is 46.3 Å². The molecule has 0 aliphatic rings. The van der Waals surface area contributed by atoms with E-state index in [-0.39, 0.29) is 11.7 Å². The van der Waals surface area contributed by atoms with Crippen LogP contribution in [0.15, 0.2) is 48.5 Å². The van der Waals surface area contributed by atoms with Crippen molar-refractivity contribution in [3.8, 4) is 0 Å². The Labute approximate surface area is 121 Å². The summed E-state index contributed by atoms with van der Waals surface area (Å²) in [6.45, 7) is 0. The molecule has 0 aromatic heterocycles. The predicted octanol–water partition coefficient (Wildman–Crippen LogP) is 2.74. The molecule has 2 N–H and O–H groups in total. The first-order valence-corrected chi connectivity index (χ1v) is 6.33. The molecule has 1 amide bonds. The summed E-state index contributed by atoms with van der Waals surface area (Å²) in [5.41, 5.74) is 7.39. The lowest BCUT2D eigenvalue weighted by atomic mass is 10.1. The first-order valence-electron chi connectivity index (χ1n) is 5.92. The summed E-state index contributed by atoms with van der Waals surface area (Å²) < 4.78 is 12.8. The second-order valence-electron chi connectivity index (χ2n) is 4.28. The van der Waals surface area contributed by atoms with Crippen LogP contribution in [0.5, 0.6) is 0 Å². The fourth-order valence-corrected chi connectivity index (χ4v) is 1.89. The molecule has 0 atom stereocenters. The average Bonchev–Trinajstić information content (AvgIpc) is 2.46. The highest BCUT2D eigenvalue weighted by Crippen LogP contribution is 2.17. The molecule has 102 valence electrons. The zero-order valence-electron chi connectivity index (χ0n) is 10.8. The highest BCUT2D eigenvalue weighted by molar-refractivity contribution is 7.80. The van der Waals surface area contributed by atoms with Gasteiger partial charge in [0.2, 0.25) is 0 Å². The number of hydrogen-bond donors (Lipinski definition) is 1. The lowest BCUT2D eigenvalue weighted by Gasteiger charge is -2.17. The molecule has 0 heterocycles. The molecule has 0 fully saturated rings. The van der Waals surface area contributed by atoms with Crippen molar-refractivity contribution in [3.63, 3.8) is 0 Å². The van der Waals surface area contributed by atoms with E-state index >= 15 is 0 Å². The molecule has 0 unspecified atom stereocenters. The van der Waals surface area contributed by atoms with Gasteiger partial charge in [-0.15, -0.1) is 0 Å². The zero-order valence-corrected chi connectivity index (χ0v) is 11.7. The van der Waals surface area contributed by atoms with Crippen molar-refractivity contribution in [2.24, 2.45) is 5.73 Å². The summed E-state index contributed by atoms with van der Waals surface area (Å²) in [6, 6.07) is 12.5. The summed E-state index contributed by atoms with van der Waals surface area (Å²) in [4.78, 5) is 14.0. The van der Waals surface area contributed by atoms with Crippen molar-refractivity contribution >= 4 is 28.8 Å². The highest BCUT2D eigenvalue weighted by Gasteiger charge is 2.13. The normalized spacial score (nSPS) is 10.1. The molecule has 0 radical (unpaired) electrons. The first-order chi connectivity index (χ1) is 9.49. The number of nitrogens with zero attached hydrogens (tertiary/aromatic N) is 1. The minimum Gasteiger partial charge on any atom is -0.389 e. The third-order valence-corrected chi connectivity index (χ3v) is 3.17. The van der Waals surface area contributed by atoms with E-state index in [4.69, 9.17) is 18.0 Å². The number of thiocarbonyl (C=S) groups is 1. The van der Waals surface area contributed by atoms with Crippen molar-refractivity contribution in [3.05, 3.63) is 65.5 Å². The molecule has 0 spiro atoms. The number of anilines is 1. The lowest BCUT2D eigenvalue weighted by molar-refractivity contribution is 0.0993. The van der Waals surface area contributed by atoms with E-state index in [1.807, 2.05) is 0 Å². The third kappa shape index (κ3) is 3.00. The number of nitrogens with two attached hydrogens (primary N) is 1. The molecule has 0 aliphatic heterocycles. The Balaban J connectivity index is 2.22. The largest absolute Gasteiger partial charge is 0.389 e. The lowest BCUT2D eigenvalue weighted by Crippen LogP contribution is -2.26. The molecule has 0 bridgehead atoms. The summed E-state index contributed by atoms with van der Waals surface area (Å²) in [7, 11) is 1.65. The molecular formula is C15H13FN2OS. The van der Waals surface area contributed by atoms with Gasteiger partial charge in [-0.3, -0.25) is 4.79 Å². The molecule has 2 aromatic rings. The zero-order chi connectivity index (χ0) is 14.7. The van der Waals surface area contributed by atoms with Crippen molar-refractivity contribution in [1.29, 1.82) is 0 Å². The second kappa shape index (κ2) is 5.79. The molecular weight excluding hydrogens is 275 g/mol. The van der Waals surface area contributed by atoms with Gasteiger partial charge in [-0.25, -0.2) is 4.39 Å². The fraction of sp³-hybridized carbons (Fsp3) is 0.0667. The maximum Gasteiger partial charge on any atom is 0.258 e. The van der Waals surface area contributed by atoms with Gasteiger partial charge in [-0.2, -0.15) is 0 Å². The number of carbonyl (C=O) groups excluding carboxylic acids is 1. The molecule has 5 heteroatoms. The number of halogens is 1. The van der Waals surface area contributed by atoms with Gasteiger partial charge in [-0.05, 0) is 48.5 Å². The number of benzene rings is 2. The van der Waals surface area contributed by atoms with Crippen LogP contribution in [0, 0.1) is 5.82 Å². The first kappa shape index (κ1) is 14.1. The molecule has 2 aromatic carbocycles. The Kier molecular flexibility index (Phi) is 4.10. The van der Waals surface area contributed by atoms with E-state index in [0.29, 0.717) is 16.2 Å². The highest BCUT2D eigenvalue weighted by atomic mass is 32.1. The summed E-state index contributed by atoms with van der Waals surface area (Å²) in [6.07, 6.45) is 0. The Morgan fingerprint density at radius 2 is 1.55 bits per heavy atom. The van der Waals surface area contributed by atoms with Gasteiger partial charge < -0.3 is 10.6 Å². The minimum atomic E-state index is -0.370. The van der Waals surface area contributed by atoms with Crippen molar-refractivity contribution in [2.75, 3.05) is 11.9 Å². The quantitative estimate of drug-likeness (QED) is 0.883. The van der Waals surface area contributed by atoms with Crippen LogP contribution in [-0.2, 0) is 0 Å². The van der Waals surface area contributed by atoms with Crippen LogP contribution in [-0.4, -0.2) is 17.9 Å². The molecule has 20 heavy (non-hydrogen) atoms. The van der Waals surface area contributed by atoms with Crippen LogP contribution in [0.25, 0.3) is 0 Å². The maximum absolute atomic E-state index is 12.8. The van der Waals surface area contributed by atoms with Crippen molar-refractivity contribution < 1.29 is 9.18 Å². The minimum absolute atomic E-state index is 0.215. The molecule has 0 saturated carbocycles. The van der Waals surface area contributed by atoms with Crippen molar-refractivity contribution in [1.82, 2.24) is 0 Å². The van der Waals surface area contributed by atoms with Crippen LogP contribution >= 0.6 is 12.2 Å². The van der Waals surface area contributed by atoms with Gasteiger partial charge in [0.25, 0.3) is 5.91 Å². The molecule has 3 nitrogen and oxygen atoms in total.